The number of rotatable bonds is 9. The molecule has 2 atom stereocenters. The number of thioether (sulfide) groups is 1. The van der Waals surface area contributed by atoms with Crippen molar-refractivity contribution < 1.29 is 31.9 Å². The molecular formula is C23H21N3O8S2. The minimum absolute atomic E-state index is 0.121. The highest BCUT2D eigenvalue weighted by molar-refractivity contribution is 8.14. The molecule has 2 aromatic carbocycles. The van der Waals surface area contributed by atoms with Crippen LogP contribution in [0.2, 0.25) is 0 Å². The first-order valence-corrected chi connectivity index (χ1v) is 13.3. The maximum atomic E-state index is 13.1. The molecular weight excluding hydrogens is 510 g/mol. The van der Waals surface area contributed by atoms with Crippen molar-refractivity contribution in [3.05, 3.63) is 87.3 Å². The van der Waals surface area contributed by atoms with Crippen LogP contribution in [0.3, 0.4) is 0 Å². The van der Waals surface area contributed by atoms with Gasteiger partial charge >= 0.3 is 16.1 Å². The van der Waals surface area contributed by atoms with Gasteiger partial charge in [0.1, 0.15) is 17.7 Å². The Morgan fingerprint density at radius 2 is 1.81 bits per heavy atom. The Morgan fingerprint density at radius 1 is 1.14 bits per heavy atom. The standard InChI is InChI=1S/C23H21N3O8S2/c1-14(34-36(2,31)32)20(23(28)33-13-16-8-10-17(11-9-16)26(29)30)25-21(27)19-22(25)35-18(24-19)12-15-6-4-3-5-7-15/h3-11,19,22H,12-13H2,1-2H3. The molecule has 2 unspecified atom stereocenters. The van der Waals surface area contributed by atoms with Gasteiger partial charge in [0.25, 0.3) is 11.6 Å². The number of β-lactam (4-membered cyclic amide) rings is 1. The van der Waals surface area contributed by atoms with Crippen LogP contribution >= 0.6 is 11.8 Å². The topological polar surface area (TPSA) is 145 Å². The zero-order chi connectivity index (χ0) is 26.0. The van der Waals surface area contributed by atoms with Crippen LogP contribution in [0.15, 0.2) is 71.0 Å². The molecule has 0 aromatic heterocycles. The van der Waals surface area contributed by atoms with Gasteiger partial charge < -0.3 is 8.92 Å². The molecule has 2 aliphatic heterocycles. The smallest absolute Gasteiger partial charge is 0.359 e. The van der Waals surface area contributed by atoms with E-state index in [1.54, 1.807) is 0 Å². The average Bonchev–Trinajstić information content (AvgIpc) is 3.19. The lowest BCUT2D eigenvalue weighted by molar-refractivity contribution is -0.384. The van der Waals surface area contributed by atoms with E-state index in [-0.39, 0.29) is 23.8 Å². The van der Waals surface area contributed by atoms with Crippen molar-refractivity contribution in [3.63, 3.8) is 0 Å². The van der Waals surface area contributed by atoms with Crippen LogP contribution in [0, 0.1) is 10.1 Å². The van der Waals surface area contributed by atoms with Gasteiger partial charge in [0.15, 0.2) is 11.7 Å². The molecule has 0 bridgehead atoms. The maximum absolute atomic E-state index is 13.1. The Hall–Kier alpha value is -3.71. The summed E-state index contributed by atoms with van der Waals surface area (Å²) in [7, 11) is -3.99. The number of esters is 1. The number of fused-ring (bicyclic) bond motifs is 1. The number of nitrogens with zero attached hydrogens (tertiary/aromatic N) is 3. The minimum atomic E-state index is -3.99. The number of hydrogen-bond donors (Lipinski definition) is 0. The van der Waals surface area contributed by atoms with Crippen molar-refractivity contribution in [3.8, 4) is 0 Å². The van der Waals surface area contributed by atoms with Gasteiger partial charge in [0.2, 0.25) is 0 Å². The molecule has 2 aliphatic rings. The van der Waals surface area contributed by atoms with Gasteiger partial charge in [-0.15, -0.1) is 0 Å². The Morgan fingerprint density at radius 3 is 2.42 bits per heavy atom. The maximum Gasteiger partial charge on any atom is 0.359 e. The summed E-state index contributed by atoms with van der Waals surface area (Å²) >= 11 is 1.31. The van der Waals surface area contributed by atoms with Crippen LogP contribution in [0.5, 0.6) is 0 Å². The van der Waals surface area contributed by atoms with E-state index in [0.29, 0.717) is 17.0 Å². The van der Waals surface area contributed by atoms with Crippen LogP contribution in [0.4, 0.5) is 5.69 Å². The molecule has 1 fully saturated rings. The fourth-order valence-corrected chi connectivity index (χ4v) is 5.57. The zero-order valence-electron chi connectivity index (χ0n) is 19.2. The highest BCUT2D eigenvalue weighted by Crippen LogP contribution is 2.43. The minimum Gasteiger partial charge on any atom is -0.456 e. The molecule has 0 radical (unpaired) electrons. The Balaban J connectivity index is 1.52. The fraction of sp³-hybridized carbons (Fsp3) is 0.261. The third-order valence-electron chi connectivity index (χ3n) is 5.31. The number of carbonyl (C=O) groups is 2. The first-order chi connectivity index (χ1) is 17.0. The first kappa shape index (κ1) is 25.4. The van der Waals surface area contributed by atoms with Gasteiger partial charge in [-0.1, -0.05) is 42.1 Å². The summed E-state index contributed by atoms with van der Waals surface area (Å²) in [6.07, 6.45) is 1.34. The highest BCUT2D eigenvalue weighted by Gasteiger charge is 2.55. The number of nitro groups is 1. The molecule has 188 valence electrons. The average molecular weight is 532 g/mol. The number of aliphatic imine (C=N–C) groups is 1. The molecule has 1 saturated heterocycles. The molecule has 0 saturated carbocycles. The van der Waals surface area contributed by atoms with Crippen molar-refractivity contribution in [1.29, 1.82) is 0 Å². The number of ether oxygens (including phenoxy) is 1. The number of carbonyl (C=O) groups excluding carboxylic acids is 2. The quantitative estimate of drug-likeness (QED) is 0.0906. The summed E-state index contributed by atoms with van der Waals surface area (Å²) in [5.41, 5.74) is 1.02. The predicted molar refractivity (Wildman–Crippen MR) is 131 cm³/mol. The second kappa shape index (κ2) is 10.1. The Kier molecular flexibility index (Phi) is 7.13. The van der Waals surface area contributed by atoms with Crippen molar-refractivity contribution >= 4 is 44.5 Å². The largest absolute Gasteiger partial charge is 0.456 e. The molecule has 0 spiro atoms. The van der Waals surface area contributed by atoms with Crippen LogP contribution in [-0.2, 0) is 41.7 Å². The Bertz CT molecular complexity index is 1370. The normalized spacial score (nSPS) is 19.6. The third kappa shape index (κ3) is 5.57. The van der Waals surface area contributed by atoms with E-state index in [1.165, 1.54) is 43.0 Å². The van der Waals surface area contributed by atoms with Crippen LogP contribution in [0.1, 0.15) is 18.1 Å². The van der Waals surface area contributed by atoms with Crippen LogP contribution in [-0.4, -0.2) is 52.8 Å². The van der Waals surface area contributed by atoms with Gasteiger partial charge in [0.05, 0.1) is 16.2 Å². The second-order valence-electron chi connectivity index (χ2n) is 8.04. The first-order valence-electron chi connectivity index (χ1n) is 10.6. The molecule has 4 rings (SSSR count). The van der Waals surface area contributed by atoms with Gasteiger partial charge in [0, 0.05) is 18.6 Å². The van der Waals surface area contributed by atoms with Gasteiger partial charge in [-0.05, 0) is 30.2 Å². The van der Waals surface area contributed by atoms with Gasteiger partial charge in [-0.3, -0.25) is 24.8 Å². The molecule has 36 heavy (non-hydrogen) atoms. The van der Waals surface area contributed by atoms with E-state index < -0.39 is 38.3 Å². The lowest BCUT2D eigenvalue weighted by atomic mass is 10.1. The van der Waals surface area contributed by atoms with E-state index in [4.69, 9.17) is 8.92 Å². The van der Waals surface area contributed by atoms with Crippen molar-refractivity contribution in [2.24, 2.45) is 4.99 Å². The number of allylic oxidation sites excluding steroid dienone is 1. The number of likely N-dealkylation sites (tertiary alicyclic amines) is 1. The summed E-state index contributed by atoms with van der Waals surface area (Å²) in [6.45, 7) is 1.00. The number of amides is 1. The summed E-state index contributed by atoms with van der Waals surface area (Å²) in [5, 5.41) is 11.0. The summed E-state index contributed by atoms with van der Waals surface area (Å²) < 4.78 is 33.7. The number of hydrogen-bond acceptors (Lipinski definition) is 10. The van der Waals surface area contributed by atoms with Crippen molar-refractivity contribution in [2.75, 3.05) is 6.26 Å². The zero-order valence-corrected chi connectivity index (χ0v) is 20.8. The highest BCUT2D eigenvalue weighted by atomic mass is 32.2. The van der Waals surface area contributed by atoms with Gasteiger partial charge in [-0.25, -0.2) is 4.79 Å². The molecule has 0 aliphatic carbocycles. The molecule has 11 nitrogen and oxygen atoms in total. The molecule has 1 amide bonds. The second-order valence-corrected chi connectivity index (χ2v) is 10.8. The predicted octanol–water partition coefficient (Wildman–Crippen LogP) is 2.77. The molecule has 0 N–H and O–H groups in total. The van der Waals surface area contributed by atoms with Gasteiger partial charge in [-0.2, -0.15) is 8.42 Å². The summed E-state index contributed by atoms with van der Waals surface area (Å²) in [5.74, 6) is -1.76. The SMILES string of the molecule is CC(OS(C)(=O)=O)=C(C(=O)OCc1ccc([N+](=O)[O-])cc1)N1C(=O)C2N=C(Cc3ccccc3)SC21. The molecule has 2 heterocycles. The van der Waals surface area contributed by atoms with E-state index in [9.17, 15) is 28.1 Å². The fourth-order valence-electron chi connectivity index (χ4n) is 3.71. The van der Waals surface area contributed by atoms with E-state index in [0.717, 1.165) is 16.7 Å². The van der Waals surface area contributed by atoms with E-state index in [2.05, 4.69) is 4.99 Å². The summed E-state index contributed by atoms with van der Waals surface area (Å²) in [4.78, 5) is 41.9. The lowest BCUT2D eigenvalue weighted by Crippen LogP contribution is -2.61. The number of non-ortho nitro benzene ring substituents is 1. The number of nitro benzene ring substituents is 1. The molecule has 2 aromatic rings. The summed E-state index contributed by atoms with van der Waals surface area (Å²) in [6, 6.07) is 14.3. The van der Waals surface area contributed by atoms with Crippen LogP contribution in [0.25, 0.3) is 0 Å². The van der Waals surface area contributed by atoms with Crippen LogP contribution < -0.4 is 0 Å². The van der Waals surface area contributed by atoms with Crippen molar-refractivity contribution in [2.45, 2.75) is 31.4 Å². The van der Waals surface area contributed by atoms with Crippen molar-refractivity contribution in [1.82, 2.24) is 4.90 Å². The monoisotopic (exact) mass is 531 g/mol. The molecule has 13 heteroatoms. The van der Waals surface area contributed by atoms with E-state index >= 15 is 0 Å². The number of benzene rings is 2. The Labute approximate surface area is 211 Å². The third-order valence-corrected chi connectivity index (χ3v) is 7.10. The lowest BCUT2D eigenvalue weighted by Gasteiger charge is -2.41. The van der Waals surface area contributed by atoms with E-state index in [1.807, 2.05) is 30.3 Å².